The number of aromatic carboxylic acids is 1. The van der Waals surface area contributed by atoms with Crippen LogP contribution in [0.2, 0.25) is 0 Å². The highest BCUT2D eigenvalue weighted by Gasteiger charge is 2.13. The van der Waals surface area contributed by atoms with Gasteiger partial charge in [-0.1, -0.05) is 0 Å². The van der Waals surface area contributed by atoms with E-state index in [9.17, 15) is 9.18 Å². The Morgan fingerprint density at radius 2 is 2.15 bits per heavy atom. The number of hydrogen-bond donors (Lipinski definition) is 3. The van der Waals surface area contributed by atoms with Crippen LogP contribution in [0.1, 0.15) is 16.8 Å². The Morgan fingerprint density at radius 1 is 1.40 bits per heavy atom. The molecule has 0 saturated heterocycles. The Balaban J connectivity index is 2.41. The summed E-state index contributed by atoms with van der Waals surface area (Å²) in [6, 6.07) is 2.19. The minimum atomic E-state index is -1.34. The molecule has 1 rings (SSSR count). The van der Waals surface area contributed by atoms with Crippen LogP contribution in [0.4, 0.5) is 15.8 Å². The molecule has 4 N–H and O–H groups in total. The number of nitrogens with two attached hydrogens (primary N) is 1. The van der Waals surface area contributed by atoms with Crippen molar-refractivity contribution in [1.82, 2.24) is 0 Å². The van der Waals surface area contributed by atoms with Crippen molar-refractivity contribution in [3.8, 4) is 0 Å². The lowest BCUT2D eigenvalue weighted by molar-refractivity contribution is 0.0692. The molecule has 6 nitrogen and oxygen atoms in total. The number of nitrogens with one attached hydrogen (secondary N) is 1. The Hall–Kier alpha value is -1.86. The SMILES string of the molecule is COCCOCCCNc1cc(F)c(C(=O)O)cc1N. The molecular weight excluding hydrogens is 267 g/mol. The lowest BCUT2D eigenvalue weighted by Crippen LogP contribution is -2.10. The summed E-state index contributed by atoms with van der Waals surface area (Å²) >= 11 is 0. The first-order valence-electron chi connectivity index (χ1n) is 6.19. The molecule has 112 valence electrons. The zero-order valence-corrected chi connectivity index (χ0v) is 11.3. The van der Waals surface area contributed by atoms with Gasteiger partial charge in [0.25, 0.3) is 0 Å². The normalized spacial score (nSPS) is 10.5. The van der Waals surface area contributed by atoms with Crippen molar-refractivity contribution in [1.29, 1.82) is 0 Å². The summed E-state index contributed by atoms with van der Waals surface area (Å²) in [7, 11) is 1.60. The summed E-state index contributed by atoms with van der Waals surface area (Å²) in [5.41, 5.74) is 5.81. The van der Waals surface area contributed by atoms with E-state index in [0.717, 1.165) is 12.1 Å². The molecule has 0 amide bonds. The second-order valence-corrected chi connectivity index (χ2v) is 4.11. The van der Waals surface area contributed by atoms with Crippen molar-refractivity contribution in [3.05, 3.63) is 23.5 Å². The summed E-state index contributed by atoms with van der Waals surface area (Å²) in [6.07, 6.45) is 0.714. The van der Waals surface area contributed by atoms with Gasteiger partial charge in [0.15, 0.2) is 0 Å². The summed E-state index contributed by atoms with van der Waals surface area (Å²) < 4.78 is 23.6. The zero-order chi connectivity index (χ0) is 15.0. The van der Waals surface area contributed by atoms with Crippen LogP contribution in [-0.4, -0.2) is 44.6 Å². The number of carboxylic acids is 1. The molecule has 0 aliphatic rings. The van der Waals surface area contributed by atoms with Crippen LogP contribution in [0.3, 0.4) is 0 Å². The maximum absolute atomic E-state index is 13.5. The Kier molecular flexibility index (Phi) is 6.75. The maximum atomic E-state index is 13.5. The van der Waals surface area contributed by atoms with Crippen molar-refractivity contribution in [2.45, 2.75) is 6.42 Å². The first kappa shape index (κ1) is 16.2. The van der Waals surface area contributed by atoms with Crippen LogP contribution < -0.4 is 11.1 Å². The molecular formula is C13H19FN2O4. The van der Waals surface area contributed by atoms with Crippen molar-refractivity contribution in [2.24, 2.45) is 0 Å². The van der Waals surface area contributed by atoms with E-state index in [-0.39, 0.29) is 5.69 Å². The highest BCUT2D eigenvalue weighted by atomic mass is 19.1. The Bertz CT molecular complexity index is 454. The smallest absolute Gasteiger partial charge is 0.338 e. The molecule has 0 aromatic heterocycles. The molecule has 20 heavy (non-hydrogen) atoms. The second-order valence-electron chi connectivity index (χ2n) is 4.11. The van der Waals surface area contributed by atoms with Gasteiger partial charge in [0.1, 0.15) is 5.82 Å². The van der Waals surface area contributed by atoms with Gasteiger partial charge in [-0.25, -0.2) is 9.18 Å². The Labute approximate surface area is 116 Å². The zero-order valence-electron chi connectivity index (χ0n) is 11.3. The number of rotatable bonds is 9. The molecule has 0 atom stereocenters. The standard InChI is InChI=1S/C13H19FN2O4/c1-19-5-6-20-4-2-3-16-12-8-10(14)9(13(17)18)7-11(12)15/h7-8,16H,2-6,15H2,1H3,(H,17,18). The molecule has 0 saturated carbocycles. The number of methoxy groups -OCH3 is 1. The quantitative estimate of drug-likeness (QED) is 0.471. The van der Waals surface area contributed by atoms with Gasteiger partial charge in [0.2, 0.25) is 0 Å². The number of nitrogen functional groups attached to an aromatic ring is 1. The number of hydrogen-bond acceptors (Lipinski definition) is 5. The number of carbonyl (C=O) groups is 1. The number of benzene rings is 1. The van der Waals surface area contributed by atoms with Gasteiger partial charge in [-0.05, 0) is 18.6 Å². The maximum Gasteiger partial charge on any atom is 0.338 e. The molecule has 0 fully saturated rings. The molecule has 1 aromatic carbocycles. The van der Waals surface area contributed by atoms with Gasteiger partial charge < -0.3 is 25.6 Å². The van der Waals surface area contributed by atoms with Gasteiger partial charge in [-0.15, -0.1) is 0 Å². The van der Waals surface area contributed by atoms with Crippen LogP contribution in [0.25, 0.3) is 0 Å². The summed E-state index contributed by atoms with van der Waals surface area (Å²) in [6.45, 7) is 2.16. The van der Waals surface area contributed by atoms with Gasteiger partial charge in [-0.3, -0.25) is 0 Å². The predicted molar refractivity (Wildman–Crippen MR) is 73.6 cm³/mol. The predicted octanol–water partition coefficient (Wildman–Crippen LogP) is 1.57. The number of anilines is 2. The third-order valence-corrected chi connectivity index (χ3v) is 2.58. The van der Waals surface area contributed by atoms with E-state index >= 15 is 0 Å². The average Bonchev–Trinajstić information content (AvgIpc) is 2.40. The number of carboxylic acid groups (broad SMARTS) is 1. The van der Waals surface area contributed by atoms with Crippen LogP contribution in [0, 0.1) is 5.82 Å². The third kappa shape index (κ3) is 5.02. The largest absolute Gasteiger partial charge is 0.478 e. The fourth-order valence-electron chi connectivity index (χ4n) is 1.55. The van der Waals surface area contributed by atoms with Crippen molar-refractivity contribution < 1.29 is 23.8 Å². The van der Waals surface area contributed by atoms with E-state index < -0.39 is 17.3 Å². The van der Waals surface area contributed by atoms with Gasteiger partial charge in [0.05, 0.1) is 30.2 Å². The van der Waals surface area contributed by atoms with Crippen LogP contribution in [-0.2, 0) is 9.47 Å². The topological polar surface area (TPSA) is 93.8 Å². The number of halogens is 1. The fourth-order valence-corrected chi connectivity index (χ4v) is 1.55. The van der Waals surface area contributed by atoms with Crippen molar-refractivity contribution >= 4 is 17.3 Å². The van der Waals surface area contributed by atoms with E-state index in [1.54, 1.807) is 7.11 Å². The first-order valence-corrected chi connectivity index (χ1v) is 6.19. The Morgan fingerprint density at radius 3 is 2.80 bits per heavy atom. The summed E-state index contributed by atoms with van der Waals surface area (Å²) in [5.74, 6) is -2.15. The summed E-state index contributed by atoms with van der Waals surface area (Å²) in [4.78, 5) is 10.7. The van der Waals surface area contributed by atoms with Crippen LogP contribution in [0.15, 0.2) is 12.1 Å². The van der Waals surface area contributed by atoms with Gasteiger partial charge >= 0.3 is 5.97 Å². The van der Waals surface area contributed by atoms with Gasteiger partial charge in [-0.2, -0.15) is 0 Å². The molecule has 0 unspecified atom stereocenters. The van der Waals surface area contributed by atoms with E-state index in [2.05, 4.69) is 5.32 Å². The second kappa shape index (κ2) is 8.34. The minimum Gasteiger partial charge on any atom is -0.478 e. The molecule has 0 heterocycles. The lowest BCUT2D eigenvalue weighted by atomic mass is 10.1. The molecule has 0 bridgehead atoms. The molecule has 1 aromatic rings. The lowest BCUT2D eigenvalue weighted by Gasteiger charge is -2.11. The molecule has 0 radical (unpaired) electrons. The van der Waals surface area contributed by atoms with Crippen molar-refractivity contribution in [2.75, 3.05) is 44.5 Å². The van der Waals surface area contributed by atoms with E-state index in [1.807, 2.05) is 0 Å². The van der Waals surface area contributed by atoms with E-state index in [1.165, 1.54) is 0 Å². The molecule has 0 aliphatic heterocycles. The monoisotopic (exact) mass is 286 g/mol. The molecule has 7 heteroatoms. The van der Waals surface area contributed by atoms with Crippen LogP contribution in [0.5, 0.6) is 0 Å². The average molecular weight is 286 g/mol. The van der Waals surface area contributed by atoms with Crippen LogP contribution >= 0.6 is 0 Å². The molecule has 0 spiro atoms. The van der Waals surface area contributed by atoms with E-state index in [0.29, 0.717) is 38.5 Å². The van der Waals surface area contributed by atoms with Crippen molar-refractivity contribution in [3.63, 3.8) is 0 Å². The highest BCUT2D eigenvalue weighted by Crippen LogP contribution is 2.23. The van der Waals surface area contributed by atoms with E-state index in [4.69, 9.17) is 20.3 Å². The number of ether oxygens (including phenoxy) is 2. The summed E-state index contributed by atoms with van der Waals surface area (Å²) in [5, 5.41) is 11.7. The first-order chi connectivity index (χ1) is 9.56. The fraction of sp³-hybridized carbons (Fsp3) is 0.462. The molecule has 0 aliphatic carbocycles. The highest BCUT2D eigenvalue weighted by molar-refractivity contribution is 5.90. The van der Waals surface area contributed by atoms with Gasteiger partial charge in [0, 0.05) is 20.3 Å². The minimum absolute atomic E-state index is 0.198. The third-order valence-electron chi connectivity index (χ3n) is 2.58.